The lowest BCUT2D eigenvalue weighted by Crippen LogP contribution is -2.27. The fourth-order valence-electron chi connectivity index (χ4n) is 2.58. The topological polar surface area (TPSA) is 93.9 Å². The van der Waals surface area contributed by atoms with E-state index in [4.69, 9.17) is 5.26 Å². The molecule has 3 aromatic rings. The van der Waals surface area contributed by atoms with Gasteiger partial charge in [0.1, 0.15) is 0 Å². The Morgan fingerprint density at radius 2 is 1.86 bits per heavy atom. The molecule has 0 bridgehead atoms. The van der Waals surface area contributed by atoms with Crippen LogP contribution in [-0.4, -0.2) is 41.4 Å². The predicted molar refractivity (Wildman–Crippen MR) is 109 cm³/mol. The zero-order valence-electron chi connectivity index (χ0n) is 15.7. The van der Waals surface area contributed by atoms with E-state index in [-0.39, 0.29) is 5.91 Å². The van der Waals surface area contributed by atoms with Crippen molar-refractivity contribution >= 4 is 23.2 Å². The Balaban J connectivity index is 1.70. The minimum Gasteiger partial charge on any atom is -0.325 e. The average Bonchev–Trinajstić information content (AvgIpc) is 2.69. The summed E-state index contributed by atoms with van der Waals surface area (Å²) in [5.41, 5.74) is 3.68. The Bertz CT molecular complexity index is 1010. The van der Waals surface area contributed by atoms with E-state index in [0.29, 0.717) is 18.1 Å². The molecule has 140 valence electrons. The maximum atomic E-state index is 11.8. The van der Waals surface area contributed by atoms with Crippen molar-refractivity contribution in [2.75, 3.05) is 31.3 Å². The average molecular weight is 372 g/mol. The molecular formula is C21H20N6O. The summed E-state index contributed by atoms with van der Waals surface area (Å²) in [4.78, 5) is 22.4. The molecule has 7 heteroatoms. The Kier molecular flexibility index (Phi) is 5.94. The monoisotopic (exact) mass is 372 g/mol. The lowest BCUT2D eigenvalue weighted by Gasteiger charge is -2.11. The summed E-state index contributed by atoms with van der Waals surface area (Å²) in [5, 5.41) is 15.0. The number of benzene rings is 2. The van der Waals surface area contributed by atoms with Gasteiger partial charge in [-0.2, -0.15) is 5.26 Å². The molecule has 28 heavy (non-hydrogen) atoms. The van der Waals surface area contributed by atoms with Crippen molar-refractivity contribution in [2.24, 2.45) is 0 Å². The van der Waals surface area contributed by atoms with Crippen molar-refractivity contribution in [3.05, 3.63) is 66.4 Å². The fraction of sp³-hybridized carbons (Fsp3) is 0.143. The number of aromatic nitrogens is 2. The molecule has 2 N–H and O–H groups in total. The molecule has 1 amide bonds. The summed E-state index contributed by atoms with van der Waals surface area (Å²) in [6.07, 6.45) is 1.67. The molecular weight excluding hydrogens is 352 g/mol. The number of nitriles is 1. The van der Waals surface area contributed by atoms with Crippen molar-refractivity contribution in [3.63, 3.8) is 0 Å². The van der Waals surface area contributed by atoms with Crippen molar-refractivity contribution < 1.29 is 4.79 Å². The smallest absolute Gasteiger partial charge is 0.238 e. The van der Waals surface area contributed by atoms with E-state index in [2.05, 4.69) is 26.7 Å². The van der Waals surface area contributed by atoms with Crippen LogP contribution in [0.25, 0.3) is 11.3 Å². The highest BCUT2D eigenvalue weighted by Gasteiger charge is 2.06. The third-order valence-electron chi connectivity index (χ3n) is 3.83. The molecule has 0 radical (unpaired) electrons. The number of carbonyl (C=O) groups is 1. The normalized spacial score (nSPS) is 10.4. The third kappa shape index (κ3) is 5.13. The molecule has 0 aliphatic carbocycles. The minimum absolute atomic E-state index is 0.0682. The van der Waals surface area contributed by atoms with Gasteiger partial charge < -0.3 is 15.5 Å². The first-order valence-electron chi connectivity index (χ1n) is 8.69. The van der Waals surface area contributed by atoms with E-state index in [1.165, 1.54) is 0 Å². The van der Waals surface area contributed by atoms with Crippen LogP contribution in [0, 0.1) is 11.3 Å². The maximum Gasteiger partial charge on any atom is 0.238 e. The van der Waals surface area contributed by atoms with Gasteiger partial charge in [0.2, 0.25) is 11.9 Å². The molecule has 0 spiro atoms. The van der Waals surface area contributed by atoms with E-state index in [9.17, 15) is 4.79 Å². The molecule has 0 aliphatic rings. The first kappa shape index (κ1) is 19.0. The van der Waals surface area contributed by atoms with Crippen molar-refractivity contribution in [3.8, 4) is 17.3 Å². The Labute approximate surface area is 163 Å². The number of nitrogens with one attached hydrogen (secondary N) is 2. The quantitative estimate of drug-likeness (QED) is 0.690. The third-order valence-corrected chi connectivity index (χ3v) is 3.83. The molecule has 7 nitrogen and oxygen atoms in total. The summed E-state index contributed by atoms with van der Waals surface area (Å²) >= 11 is 0. The second kappa shape index (κ2) is 8.75. The molecule has 1 heterocycles. The number of amides is 1. The Morgan fingerprint density at radius 1 is 1.11 bits per heavy atom. The summed E-state index contributed by atoms with van der Waals surface area (Å²) in [6.45, 7) is 0.327. The zero-order chi connectivity index (χ0) is 19.9. The van der Waals surface area contributed by atoms with Gasteiger partial charge in [0.05, 0.1) is 23.9 Å². The molecule has 0 saturated heterocycles. The molecule has 0 aliphatic heterocycles. The van der Waals surface area contributed by atoms with E-state index < -0.39 is 0 Å². The summed E-state index contributed by atoms with van der Waals surface area (Å²) in [6, 6.07) is 18.5. The summed E-state index contributed by atoms with van der Waals surface area (Å²) in [7, 11) is 3.69. The van der Waals surface area contributed by atoms with Gasteiger partial charge in [-0.3, -0.25) is 4.79 Å². The molecule has 0 atom stereocenters. The zero-order valence-corrected chi connectivity index (χ0v) is 15.7. The Morgan fingerprint density at radius 3 is 2.57 bits per heavy atom. The van der Waals surface area contributed by atoms with Gasteiger partial charge >= 0.3 is 0 Å². The second-order valence-electron chi connectivity index (χ2n) is 6.45. The molecule has 0 unspecified atom stereocenters. The second-order valence-corrected chi connectivity index (χ2v) is 6.45. The lowest BCUT2D eigenvalue weighted by atomic mass is 10.1. The molecule has 2 aromatic carbocycles. The summed E-state index contributed by atoms with van der Waals surface area (Å²) in [5.74, 6) is 0.380. The minimum atomic E-state index is -0.0682. The first-order chi connectivity index (χ1) is 13.5. The van der Waals surface area contributed by atoms with Crippen molar-refractivity contribution in [1.29, 1.82) is 5.26 Å². The highest BCUT2D eigenvalue weighted by Crippen LogP contribution is 2.21. The van der Waals surface area contributed by atoms with Gasteiger partial charge in [-0.25, -0.2) is 9.97 Å². The predicted octanol–water partition coefficient (Wildman–Crippen LogP) is 3.26. The van der Waals surface area contributed by atoms with Gasteiger partial charge in [0.25, 0.3) is 0 Å². The first-order valence-corrected chi connectivity index (χ1v) is 8.69. The van der Waals surface area contributed by atoms with Crippen molar-refractivity contribution in [1.82, 2.24) is 14.9 Å². The maximum absolute atomic E-state index is 11.8. The van der Waals surface area contributed by atoms with Crippen LogP contribution in [0.3, 0.4) is 0 Å². The van der Waals surface area contributed by atoms with Crippen LogP contribution in [0.5, 0.6) is 0 Å². The van der Waals surface area contributed by atoms with Crippen LogP contribution in [0.4, 0.5) is 17.3 Å². The van der Waals surface area contributed by atoms with Crippen molar-refractivity contribution in [2.45, 2.75) is 0 Å². The highest BCUT2D eigenvalue weighted by atomic mass is 16.2. The SMILES string of the molecule is CN(C)CC(=O)Nc1ccc(Nc2nccc(-c3cccc(C#N)c3)n2)cc1. The number of carbonyl (C=O) groups excluding carboxylic acids is 1. The fourth-order valence-corrected chi connectivity index (χ4v) is 2.58. The van der Waals surface area contributed by atoms with E-state index in [0.717, 1.165) is 22.6 Å². The van der Waals surface area contributed by atoms with E-state index in [1.54, 1.807) is 24.4 Å². The number of anilines is 3. The van der Waals surface area contributed by atoms with Gasteiger partial charge in [-0.05, 0) is 56.6 Å². The standard InChI is InChI=1S/C21H20N6O/c1-27(2)14-20(28)24-17-6-8-18(9-7-17)25-21-23-11-10-19(26-21)16-5-3-4-15(12-16)13-22/h3-12H,14H2,1-2H3,(H,24,28)(H,23,25,26). The summed E-state index contributed by atoms with van der Waals surface area (Å²) < 4.78 is 0. The van der Waals surface area contributed by atoms with Crippen LogP contribution in [0.15, 0.2) is 60.8 Å². The van der Waals surface area contributed by atoms with Gasteiger partial charge in [-0.15, -0.1) is 0 Å². The molecule has 1 aromatic heterocycles. The van der Waals surface area contributed by atoms with Crippen LogP contribution in [0.1, 0.15) is 5.56 Å². The number of likely N-dealkylation sites (N-methyl/N-ethyl adjacent to an activating group) is 1. The number of rotatable bonds is 6. The highest BCUT2D eigenvalue weighted by molar-refractivity contribution is 5.92. The molecule has 0 saturated carbocycles. The van der Waals surface area contributed by atoms with Gasteiger partial charge in [-0.1, -0.05) is 12.1 Å². The number of nitrogens with zero attached hydrogens (tertiary/aromatic N) is 4. The van der Waals surface area contributed by atoms with E-state index >= 15 is 0 Å². The molecule has 0 fully saturated rings. The number of hydrogen-bond acceptors (Lipinski definition) is 6. The van der Waals surface area contributed by atoms with Crippen LogP contribution in [-0.2, 0) is 4.79 Å². The van der Waals surface area contributed by atoms with Crippen LogP contribution in [0.2, 0.25) is 0 Å². The largest absolute Gasteiger partial charge is 0.325 e. The Hall–Kier alpha value is -3.76. The van der Waals surface area contributed by atoms with Crippen LogP contribution >= 0.6 is 0 Å². The lowest BCUT2D eigenvalue weighted by molar-refractivity contribution is -0.116. The number of hydrogen-bond donors (Lipinski definition) is 2. The van der Waals surface area contributed by atoms with Crippen LogP contribution < -0.4 is 10.6 Å². The van der Waals surface area contributed by atoms with E-state index in [1.807, 2.05) is 55.4 Å². The molecule has 3 rings (SSSR count). The van der Waals surface area contributed by atoms with Gasteiger partial charge in [0.15, 0.2) is 0 Å². The van der Waals surface area contributed by atoms with Gasteiger partial charge in [0, 0.05) is 23.1 Å².